The van der Waals surface area contributed by atoms with Crippen molar-refractivity contribution in [3.63, 3.8) is 0 Å². The number of nitrogens with zero attached hydrogens (tertiary/aromatic N) is 9. The van der Waals surface area contributed by atoms with E-state index >= 15 is 0 Å². The predicted octanol–water partition coefficient (Wildman–Crippen LogP) is 6.25. The summed E-state index contributed by atoms with van der Waals surface area (Å²) in [7, 11) is 0. The number of amides is 3. The van der Waals surface area contributed by atoms with Crippen molar-refractivity contribution in [1.29, 1.82) is 5.26 Å². The zero-order valence-electron chi connectivity index (χ0n) is 40.8. The Hall–Kier alpha value is -7.85. The number of Topliss-reactive ketones (excluding diaryl/α,β-unsaturated/α-hetero) is 1. The van der Waals surface area contributed by atoms with Gasteiger partial charge in [0.05, 0.1) is 22.4 Å². The number of pyridine rings is 3. The lowest BCUT2D eigenvalue weighted by Crippen LogP contribution is -2.55. The summed E-state index contributed by atoms with van der Waals surface area (Å²) in [4.78, 5) is 92.3. The van der Waals surface area contributed by atoms with Crippen LogP contribution in [0.2, 0.25) is 0 Å². The van der Waals surface area contributed by atoms with Crippen LogP contribution in [0.3, 0.4) is 0 Å². The van der Waals surface area contributed by atoms with Gasteiger partial charge in [-0.15, -0.1) is 0 Å². The van der Waals surface area contributed by atoms with E-state index in [1.807, 2.05) is 57.4 Å². The number of aliphatic carboxylic acids is 1. The van der Waals surface area contributed by atoms with Gasteiger partial charge in [-0.2, -0.15) is 5.26 Å². The third-order valence-corrected chi connectivity index (χ3v) is 12.4. The number of hydrogen-bond acceptors (Lipinski definition) is 15. The molecule has 3 amide bonds. The number of carboxylic acids is 1. The van der Waals surface area contributed by atoms with E-state index in [4.69, 9.17) is 14.5 Å². The normalized spacial score (nSPS) is 15.6. The lowest BCUT2D eigenvalue weighted by atomic mass is 9.88. The van der Waals surface area contributed by atoms with Crippen LogP contribution in [0.1, 0.15) is 110 Å². The molecule has 6 heterocycles. The molecule has 7 rings (SSSR count). The highest BCUT2D eigenvalue weighted by molar-refractivity contribution is 6.13. The number of piperazine rings is 1. The van der Waals surface area contributed by atoms with Gasteiger partial charge in [-0.1, -0.05) is 32.9 Å². The van der Waals surface area contributed by atoms with Crippen molar-refractivity contribution in [2.45, 2.75) is 91.4 Å². The maximum absolute atomic E-state index is 13.4. The minimum Gasteiger partial charge on any atom is -0.480 e. The number of aromatic nitrogens is 5. The van der Waals surface area contributed by atoms with Crippen LogP contribution in [0.25, 0.3) is 11.3 Å². The number of fused-ring (bicyclic) bond motifs is 1. The molecule has 0 unspecified atom stereocenters. The Morgan fingerprint density at radius 1 is 0.944 bits per heavy atom. The molecular weight excluding hydrogens is 907 g/mol. The number of carboxylic acid groups (broad SMARTS) is 1. The van der Waals surface area contributed by atoms with Crippen LogP contribution in [0.4, 0.5) is 11.8 Å². The molecule has 2 aliphatic heterocycles. The standard InChI is InChI=1S/C52H59N11O8/c1-33-30-61(50-57-28-37(29-58-50)40-16-15-39-45(65)52(5,6)63(46(39)59-40)31-36-12-10-21-54-42(36)26-53)22-23-62(33)44(64)32-70-24-8-7-20-55-47(66)34-11-9-13-38(25-34)71-43-17-14-35(27-56-43)48(67)60-41(49(68)69)18-19-51(2,3)4/h9-17,21,25,27-29,33,41H,7-8,18-20,22-24,30-32H2,1-6H3,(H,55,66)(H,60,67)(H,68,69)/t33-,41+/m1/s1. The minimum absolute atomic E-state index is 0.0556. The van der Waals surface area contributed by atoms with Gasteiger partial charge in [-0.3, -0.25) is 19.2 Å². The van der Waals surface area contributed by atoms with Crippen molar-refractivity contribution in [1.82, 2.24) is 40.5 Å². The number of ether oxygens (including phenoxy) is 2. The molecule has 1 saturated heterocycles. The zero-order chi connectivity index (χ0) is 50.9. The highest BCUT2D eigenvalue weighted by Gasteiger charge is 2.45. The highest BCUT2D eigenvalue weighted by Crippen LogP contribution is 2.40. The first-order valence-electron chi connectivity index (χ1n) is 23.6. The first-order chi connectivity index (χ1) is 33.9. The van der Waals surface area contributed by atoms with E-state index in [0.717, 1.165) is 0 Å². The molecule has 19 nitrogen and oxygen atoms in total. The van der Waals surface area contributed by atoms with Gasteiger partial charge < -0.3 is 39.9 Å². The van der Waals surface area contributed by atoms with Crippen LogP contribution in [0.15, 0.2) is 85.5 Å². The van der Waals surface area contributed by atoms with Gasteiger partial charge in [-0.25, -0.2) is 29.7 Å². The fourth-order valence-electron chi connectivity index (χ4n) is 8.29. The SMILES string of the molecule is C[C@@H]1CN(c2ncc(-c3ccc4c(n3)N(Cc3cccnc3C#N)C(C)(C)C4=O)cn2)CCN1C(=O)COCCCCNC(=O)c1cccc(Oc2ccc(C(=O)N[C@@H](CCC(C)(C)C)C(=O)O)cn2)c1. The number of carbonyl (C=O) groups excluding carboxylic acids is 4. The second kappa shape index (κ2) is 22.3. The molecule has 71 heavy (non-hydrogen) atoms. The quantitative estimate of drug-likeness (QED) is 0.0775. The van der Waals surface area contributed by atoms with Crippen molar-refractivity contribution >= 4 is 41.2 Å². The zero-order valence-corrected chi connectivity index (χ0v) is 40.8. The predicted molar refractivity (Wildman–Crippen MR) is 263 cm³/mol. The van der Waals surface area contributed by atoms with Gasteiger partial charge in [0.25, 0.3) is 11.8 Å². The molecule has 1 fully saturated rings. The van der Waals surface area contributed by atoms with E-state index in [2.05, 4.69) is 36.6 Å². The lowest BCUT2D eigenvalue weighted by Gasteiger charge is -2.39. The van der Waals surface area contributed by atoms with Crippen molar-refractivity contribution in [2.24, 2.45) is 5.41 Å². The van der Waals surface area contributed by atoms with Gasteiger partial charge in [0.2, 0.25) is 17.7 Å². The maximum atomic E-state index is 13.4. The number of ketones is 1. The van der Waals surface area contributed by atoms with Gasteiger partial charge in [0, 0.05) is 92.9 Å². The molecule has 0 saturated carbocycles. The van der Waals surface area contributed by atoms with Crippen LogP contribution in [-0.4, -0.2) is 121 Å². The molecule has 2 atom stereocenters. The largest absolute Gasteiger partial charge is 0.480 e. The number of benzene rings is 1. The number of carbonyl (C=O) groups is 5. The third kappa shape index (κ3) is 12.7. The number of nitriles is 1. The van der Waals surface area contributed by atoms with E-state index in [-0.39, 0.29) is 53.6 Å². The molecule has 2 aliphatic rings. The van der Waals surface area contributed by atoms with Crippen molar-refractivity contribution in [2.75, 3.05) is 49.2 Å². The smallest absolute Gasteiger partial charge is 0.326 e. The van der Waals surface area contributed by atoms with Crippen molar-refractivity contribution < 1.29 is 38.6 Å². The summed E-state index contributed by atoms with van der Waals surface area (Å²) in [5.74, 6) is -0.500. The Morgan fingerprint density at radius 3 is 2.44 bits per heavy atom. The first-order valence-corrected chi connectivity index (χ1v) is 23.6. The number of nitrogens with one attached hydrogen (secondary N) is 2. The second-order valence-electron chi connectivity index (χ2n) is 19.3. The maximum Gasteiger partial charge on any atom is 0.326 e. The van der Waals surface area contributed by atoms with Crippen molar-refractivity contribution in [3.8, 4) is 29.0 Å². The number of anilines is 2. The Balaban J connectivity index is 0.808. The highest BCUT2D eigenvalue weighted by atomic mass is 16.5. The summed E-state index contributed by atoms with van der Waals surface area (Å²) in [5, 5.41) is 24.7. The summed E-state index contributed by atoms with van der Waals surface area (Å²) >= 11 is 0. The Kier molecular flexibility index (Phi) is 16.0. The number of unbranched alkanes of at least 4 members (excludes halogenated alkanes) is 1. The first kappa shape index (κ1) is 51.0. The van der Waals surface area contributed by atoms with Crippen molar-refractivity contribution in [3.05, 3.63) is 113 Å². The van der Waals surface area contributed by atoms with E-state index in [9.17, 15) is 34.3 Å². The lowest BCUT2D eigenvalue weighted by molar-refractivity contribution is -0.140. The molecule has 0 bridgehead atoms. The molecule has 1 aromatic carbocycles. The fraction of sp³-hybridized carbons (Fsp3) is 0.404. The Morgan fingerprint density at radius 2 is 1.73 bits per heavy atom. The molecule has 19 heteroatoms. The topological polar surface area (TPSA) is 246 Å². The molecule has 370 valence electrons. The van der Waals surface area contributed by atoms with Gasteiger partial charge in [0.1, 0.15) is 36.0 Å². The Bertz CT molecular complexity index is 2790. The molecule has 0 spiro atoms. The molecule has 3 N–H and O–H groups in total. The van der Waals surface area contributed by atoms with E-state index in [0.29, 0.717) is 110 Å². The molecule has 0 radical (unpaired) electrons. The average molecular weight is 966 g/mol. The molecule has 0 aliphatic carbocycles. The molecule has 5 aromatic rings. The van der Waals surface area contributed by atoms with Gasteiger partial charge in [0.15, 0.2) is 5.78 Å². The minimum atomic E-state index is -1.10. The van der Waals surface area contributed by atoms with Crippen LogP contribution in [-0.2, 0) is 20.9 Å². The van der Waals surface area contributed by atoms with E-state index in [1.165, 1.54) is 18.3 Å². The third-order valence-electron chi connectivity index (χ3n) is 12.4. The summed E-state index contributed by atoms with van der Waals surface area (Å²) < 4.78 is 11.6. The summed E-state index contributed by atoms with van der Waals surface area (Å²) in [6.07, 6.45) is 8.46. The van der Waals surface area contributed by atoms with Crippen LogP contribution in [0.5, 0.6) is 11.6 Å². The van der Waals surface area contributed by atoms with Crippen LogP contribution in [0, 0.1) is 16.7 Å². The van der Waals surface area contributed by atoms with Crippen LogP contribution >= 0.6 is 0 Å². The van der Waals surface area contributed by atoms with Crippen LogP contribution < -0.4 is 25.2 Å². The number of hydrogen-bond donors (Lipinski definition) is 3. The summed E-state index contributed by atoms with van der Waals surface area (Å²) in [5.41, 5.74) is 2.40. The molecule has 4 aromatic heterocycles. The monoisotopic (exact) mass is 965 g/mol. The van der Waals surface area contributed by atoms with E-state index in [1.54, 1.807) is 66.0 Å². The summed E-state index contributed by atoms with van der Waals surface area (Å²) in [6, 6.07) is 17.7. The summed E-state index contributed by atoms with van der Waals surface area (Å²) in [6.45, 7) is 14.2. The Labute approximate surface area is 412 Å². The van der Waals surface area contributed by atoms with E-state index < -0.39 is 23.5 Å². The number of rotatable bonds is 19. The molecular formula is C52H59N11O8. The second-order valence-corrected chi connectivity index (χ2v) is 19.3. The average Bonchev–Trinajstić information content (AvgIpc) is 3.54. The van der Waals surface area contributed by atoms with Gasteiger partial charge >= 0.3 is 5.97 Å². The van der Waals surface area contributed by atoms with Gasteiger partial charge in [-0.05, 0) is 94.3 Å². The fourth-order valence-corrected chi connectivity index (χ4v) is 8.29.